The highest BCUT2D eigenvalue weighted by Gasteiger charge is 2.41. The molecule has 0 aliphatic carbocycles. The fourth-order valence-corrected chi connectivity index (χ4v) is 3.67. The standard InChI is InChI=1S/C19H26N4O4S/c1-21-18(25)16(13-17(24)20-14-3-5-15(26-2)6-4-14)23(19(21)28)8-7-22-9-11-27-12-10-22/h3-6,16H,7-13H2,1-2H3,(H,20,24)/t16-/m1/s1. The molecule has 2 fully saturated rings. The van der Waals surface area contributed by atoms with Crippen LogP contribution < -0.4 is 10.1 Å². The molecule has 1 atom stereocenters. The molecule has 8 nitrogen and oxygen atoms in total. The lowest BCUT2D eigenvalue weighted by atomic mass is 10.1. The Bertz CT molecular complexity index is 721. The van der Waals surface area contributed by atoms with Gasteiger partial charge in [-0.15, -0.1) is 0 Å². The third-order valence-electron chi connectivity index (χ3n) is 5.04. The van der Waals surface area contributed by atoms with Crippen molar-refractivity contribution in [1.82, 2.24) is 14.7 Å². The number of anilines is 1. The first kappa shape index (κ1) is 20.5. The van der Waals surface area contributed by atoms with Crippen LogP contribution in [-0.4, -0.2) is 91.2 Å². The summed E-state index contributed by atoms with van der Waals surface area (Å²) in [5, 5.41) is 3.31. The molecule has 1 aromatic carbocycles. The molecule has 2 saturated heterocycles. The maximum Gasteiger partial charge on any atom is 0.251 e. The minimum atomic E-state index is -0.572. The third-order valence-corrected chi connectivity index (χ3v) is 5.55. The first-order chi connectivity index (χ1) is 13.5. The van der Waals surface area contributed by atoms with Crippen molar-refractivity contribution >= 4 is 34.8 Å². The van der Waals surface area contributed by atoms with E-state index >= 15 is 0 Å². The van der Waals surface area contributed by atoms with Crippen LogP contribution in [0.2, 0.25) is 0 Å². The van der Waals surface area contributed by atoms with Gasteiger partial charge in [0.2, 0.25) is 5.91 Å². The number of morpholine rings is 1. The van der Waals surface area contributed by atoms with Gasteiger partial charge in [-0.05, 0) is 36.5 Å². The Labute approximate surface area is 170 Å². The number of likely N-dealkylation sites (N-methyl/N-ethyl adjacent to an activating group) is 1. The van der Waals surface area contributed by atoms with Crippen molar-refractivity contribution in [3.63, 3.8) is 0 Å². The Balaban J connectivity index is 1.60. The minimum Gasteiger partial charge on any atom is -0.497 e. The molecule has 0 aromatic heterocycles. The number of carbonyl (C=O) groups excluding carboxylic acids is 2. The monoisotopic (exact) mass is 406 g/mol. The van der Waals surface area contributed by atoms with Gasteiger partial charge in [0, 0.05) is 38.9 Å². The summed E-state index contributed by atoms with van der Waals surface area (Å²) in [5.41, 5.74) is 0.659. The SMILES string of the molecule is COc1ccc(NC(=O)C[C@@H]2C(=O)N(C)C(=S)N2CCN2CCOCC2)cc1. The average Bonchev–Trinajstić information content (AvgIpc) is 2.91. The largest absolute Gasteiger partial charge is 0.497 e. The van der Waals surface area contributed by atoms with Crippen LogP contribution in [0.4, 0.5) is 5.69 Å². The molecule has 2 heterocycles. The number of carbonyl (C=O) groups is 2. The highest BCUT2D eigenvalue weighted by Crippen LogP contribution is 2.21. The number of rotatable bonds is 7. The zero-order valence-corrected chi connectivity index (χ0v) is 17.0. The van der Waals surface area contributed by atoms with Crippen LogP contribution in [-0.2, 0) is 14.3 Å². The van der Waals surface area contributed by atoms with E-state index < -0.39 is 6.04 Å². The van der Waals surface area contributed by atoms with Gasteiger partial charge in [0.25, 0.3) is 5.91 Å². The van der Waals surface area contributed by atoms with Gasteiger partial charge >= 0.3 is 0 Å². The number of amides is 2. The summed E-state index contributed by atoms with van der Waals surface area (Å²) in [5.74, 6) is 0.347. The Hall–Kier alpha value is -2.23. The highest BCUT2D eigenvalue weighted by molar-refractivity contribution is 7.80. The van der Waals surface area contributed by atoms with Gasteiger partial charge in [0.15, 0.2) is 5.11 Å². The topological polar surface area (TPSA) is 74.4 Å². The molecule has 0 bridgehead atoms. The lowest BCUT2D eigenvalue weighted by Crippen LogP contribution is -2.45. The normalized spacial score (nSPS) is 20.6. The Morgan fingerprint density at radius 3 is 2.57 bits per heavy atom. The fraction of sp³-hybridized carbons (Fsp3) is 0.526. The Morgan fingerprint density at radius 1 is 1.25 bits per heavy atom. The number of ether oxygens (including phenoxy) is 2. The van der Waals surface area contributed by atoms with Crippen molar-refractivity contribution in [1.29, 1.82) is 0 Å². The molecular weight excluding hydrogens is 380 g/mol. The molecule has 2 aliphatic heterocycles. The zero-order chi connectivity index (χ0) is 20.1. The molecule has 0 radical (unpaired) electrons. The summed E-state index contributed by atoms with van der Waals surface area (Å²) >= 11 is 5.44. The molecule has 1 N–H and O–H groups in total. The lowest BCUT2D eigenvalue weighted by molar-refractivity contribution is -0.130. The van der Waals surface area contributed by atoms with Crippen LogP contribution in [0.5, 0.6) is 5.75 Å². The van der Waals surface area contributed by atoms with Gasteiger partial charge in [0.05, 0.1) is 26.7 Å². The van der Waals surface area contributed by atoms with Crippen LogP contribution in [0.15, 0.2) is 24.3 Å². The van der Waals surface area contributed by atoms with Crippen molar-refractivity contribution in [2.24, 2.45) is 0 Å². The van der Waals surface area contributed by atoms with Crippen LogP contribution in [0.25, 0.3) is 0 Å². The molecule has 0 saturated carbocycles. The average molecular weight is 407 g/mol. The van der Waals surface area contributed by atoms with Gasteiger partial charge in [-0.1, -0.05) is 0 Å². The predicted molar refractivity (Wildman–Crippen MR) is 109 cm³/mol. The van der Waals surface area contributed by atoms with Crippen molar-refractivity contribution in [3.8, 4) is 5.75 Å². The van der Waals surface area contributed by atoms with Gasteiger partial charge in [0.1, 0.15) is 11.8 Å². The van der Waals surface area contributed by atoms with E-state index in [1.807, 2.05) is 4.90 Å². The summed E-state index contributed by atoms with van der Waals surface area (Å²) < 4.78 is 10.5. The highest BCUT2D eigenvalue weighted by atomic mass is 32.1. The maximum atomic E-state index is 12.6. The number of hydrogen-bond acceptors (Lipinski definition) is 6. The first-order valence-corrected chi connectivity index (χ1v) is 9.72. The summed E-state index contributed by atoms with van der Waals surface area (Å²) in [6.45, 7) is 4.56. The van der Waals surface area contributed by atoms with Gasteiger partial charge < -0.3 is 19.7 Å². The van der Waals surface area contributed by atoms with E-state index in [-0.39, 0.29) is 18.2 Å². The summed E-state index contributed by atoms with van der Waals surface area (Å²) in [6, 6.07) is 6.50. The van der Waals surface area contributed by atoms with E-state index in [9.17, 15) is 9.59 Å². The summed E-state index contributed by atoms with van der Waals surface area (Å²) in [6.07, 6.45) is 0.0540. The smallest absolute Gasteiger partial charge is 0.251 e. The van der Waals surface area contributed by atoms with E-state index in [0.717, 1.165) is 32.8 Å². The van der Waals surface area contributed by atoms with Gasteiger partial charge in [-0.25, -0.2) is 0 Å². The van der Waals surface area contributed by atoms with Crippen molar-refractivity contribution < 1.29 is 19.1 Å². The van der Waals surface area contributed by atoms with Crippen LogP contribution in [0.1, 0.15) is 6.42 Å². The molecular formula is C19H26N4O4S. The molecule has 152 valence electrons. The van der Waals surface area contributed by atoms with Crippen LogP contribution in [0, 0.1) is 0 Å². The number of nitrogens with zero attached hydrogens (tertiary/aromatic N) is 3. The van der Waals surface area contributed by atoms with Crippen LogP contribution in [0.3, 0.4) is 0 Å². The molecule has 0 spiro atoms. The minimum absolute atomic E-state index is 0.0540. The second kappa shape index (κ2) is 9.31. The van der Waals surface area contributed by atoms with Crippen LogP contribution >= 0.6 is 12.2 Å². The molecule has 2 aliphatic rings. The van der Waals surface area contributed by atoms with E-state index in [4.69, 9.17) is 21.7 Å². The molecule has 0 unspecified atom stereocenters. The first-order valence-electron chi connectivity index (χ1n) is 9.32. The Morgan fingerprint density at radius 2 is 1.93 bits per heavy atom. The van der Waals surface area contributed by atoms with Crippen molar-refractivity contribution in [2.45, 2.75) is 12.5 Å². The molecule has 1 aromatic rings. The predicted octanol–water partition coefficient (Wildman–Crippen LogP) is 0.784. The lowest BCUT2D eigenvalue weighted by Gasteiger charge is -2.30. The van der Waals surface area contributed by atoms with Gasteiger partial charge in [-0.2, -0.15) is 0 Å². The number of hydrogen-bond donors (Lipinski definition) is 1. The molecule has 3 rings (SSSR count). The molecule has 9 heteroatoms. The fourth-order valence-electron chi connectivity index (χ4n) is 3.36. The number of nitrogens with one attached hydrogen (secondary N) is 1. The van der Waals surface area contributed by atoms with E-state index in [1.54, 1.807) is 38.4 Å². The zero-order valence-electron chi connectivity index (χ0n) is 16.2. The number of benzene rings is 1. The third kappa shape index (κ3) is 4.78. The van der Waals surface area contributed by atoms with E-state index in [2.05, 4.69) is 10.2 Å². The quantitative estimate of drug-likeness (QED) is 0.671. The number of methoxy groups -OCH3 is 1. The van der Waals surface area contributed by atoms with E-state index in [1.165, 1.54) is 4.90 Å². The van der Waals surface area contributed by atoms with Crippen molar-refractivity contribution in [2.75, 3.05) is 58.9 Å². The summed E-state index contributed by atoms with van der Waals surface area (Å²) in [4.78, 5) is 30.7. The number of thiocarbonyl (C=S) groups is 1. The molecule has 28 heavy (non-hydrogen) atoms. The second-order valence-electron chi connectivity index (χ2n) is 6.82. The maximum absolute atomic E-state index is 12.6. The Kier molecular flexibility index (Phi) is 6.82. The second-order valence-corrected chi connectivity index (χ2v) is 7.19. The summed E-state index contributed by atoms with van der Waals surface area (Å²) in [7, 11) is 3.25. The van der Waals surface area contributed by atoms with E-state index in [0.29, 0.717) is 23.1 Å². The van der Waals surface area contributed by atoms with Crippen molar-refractivity contribution in [3.05, 3.63) is 24.3 Å². The molecule has 2 amide bonds. The van der Waals surface area contributed by atoms with Gasteiger partial charge in [-0.3, -0.25) is 19.4 Å².